The van der Waals surface area contributed by atoms with Crippen LogP contribution in [0.3, 0.4) is 0 Å². The van der Waals surface area contributed by atoms with Gasteiger partial charge in [0.25, 0.3) is 0 Å². The molecule has 2 aromatic carbocycles. The van der Waals surface area contributed by atoms with Crippen molar-refractivity contribution in [1.82, 2.24) is 0 Å². The van der Waals surface area contributed by atoms with Crippen LogP contribution in [0, 0.1) is 0 Å². The van der Waals surface area contributed by atoms with Gasteiger partial charge < -0.3 is 20.3 Å². The van der Waals surface area contributed by atoms with Crippen LogP contribution in [0.4, 0.5) is 17.1 Å². The second-order valence-corrected chi connectivity index (χ2v) is 6.78. The number of carbonyl (C=O) groups is 1. The summed E-state index contributed by atoms with van der Waals surface area (Å²) in [5.74, 6) is -0.0433. The lowest BCUT2D eigenvalue weighted by molar-refractivity contribution is -0.115. The number of para-hydroxylation sites is 2. The van der Waals surface area contributed by atoms with E-state index in [1.165, 1.54) is 0 Å². The van der Waals surface area contributed by atoms with E-state index in [0.717, 1.165) is 30.2 Å². The van der Waals surface area contributed by atoms with Crippen molar-refractivity contribution in [3.8, 4) is 0 Å². The summed E-state index contributed by atoms with van der Waals surface area (Å²) >= 11 is 11.9. The maximum Gasteiger partial charge on any atom is 0.226 e. The first-order valence-corrected chi connectivity index (χ1v) is 9.29. The van der Waals surface area contributed by atoms with Crippen molar-refractivity contribution in [3.05, 3.63) is 52.5 Å². The number of amides is 1. The summed E-state index contributed by atoms with van der Waals surface area (Å²) in [7, 11) is 0. The van der Waals surface area contributed by atoms with Gasteiger partial charge in [-0.3, -0.25) is 4.79 Å². The number of morpholine rings is 1. The Morgan fingerprint density at radius 3 is 2.62 bits per heavy atom. The Bertz CT molecular complexity index is 764. The van der Waals surface area contributed by atoms with Crippen LogP contribution in [0.15, 0.2) is 42.5 Å². The number of nitrogens with one attached hydrogen (secondary N) is 2. The molecule has 5 nitrogen and oxygen atoms in total. The normalized spacial score (nSPS) is 14.2. The van der Waals surface area contributed by atoms with Gasteiger partial charge in [0, 0.05) is 31.7 Å². The van der Waals surface area contributed by atoms with Gasteiger partial charge in [0.2, 0.25) is 5.91 Å². The highest BCUT2D eigenvalue weighted by molar-refractivity contribution is 6.42. The topological polar surface area (TPSA) is 53.6 Å². The van der Waals surface area contributed by atoms with Crippen LogP contribution in [0.25, 0.3) is 0 Å². The predicted molar refractivity (Wildman–Crippen MR) is 108 cm³/mol. The van der Waals surface area contributed by atoms with Crippen molar-refractivity contribution >= 4 is 46.2 Å². The summed E-state index contributed by atoms with van der Waals surface area (Å²) in [4.78, 5) is 14.5. The van der Waals surface area contributed by atoms with Gasteiger partial charge in [0.1, 0.15) is 0 Å². The number of anilines is 3. The zero-order chi connectivity index (χ0) is 18.4. The molecule has 2 aromatic rings. The lowest BCUT2D eigenvalue weighted by Gasteiger charge is -2.30. The average molecular weight is 394 g/mol. The Hall–Kier alpha value is -1.95. The molecule has 0 atom stereocenters. The maximum atomic E-state index is 12.3. The molecule has 0 aromatic heterocycles. The van der Waals surface area contributed by atoms with Crippen LogP contribution in [0.5, 0.6) is 0 Å². The molecule has 3 rings (SSSR count). The van der Waals surface area contributed by atoms with E-state index in [4.69, 9.17) is 27.9 Å². The van der Waals surface area contributed by atoms with Gasteiger partial charge >= 0.3 is 0 Å². The van der Waals surface area contributed by atoms with Gasteiger partial charge in [-0.25, -0.2) is 0 Å². The average Bonchev–Trinajstić information content (AvgIpc) is 2.66. The lowest BCUT2D eigenvalue weighted by atomic mass is 10.2. The third kappa shape index (κ3) is 5.04. The first-order valence-electron chi connectivity index (χ1n) is 8.54. The summed E-state index contributed by atoms with van der Waals surface area (Å²) in [5.41, 5.74) is 2.69. The van der Waals surface area contributed by atoms with Crippen LogP contribution in [0.2, 0.25) is 10.0 Å². The number of ether oxygens (including phenoxy) is 1. The first-order chi connectivity index (χ1) is 12.6. The van der Waals surface area contributed by atoms with Gasteiger partial charge in [0.15, 0.2) is 0 Å². The molecule has 1 heterocycles. The lowest BCUT2D eigenvalue weighted by Crippen LogP contribution is -2.36. The first kappa shape index (κ1) is 18.8. The standard InChI is InChI=1S/C19H21Cl2N3O2/c20-15-6-5-14(13-16(15)21)22-8-7-19(25)23-17-3-1-2-4-18(17)24-9-11-26-12-10-24/h1-6,13,22H,7-12H2,(H,23,25). The van der Waals surface area contributed by atoms with Crippen molar-refractivity contribution in [2.45, 2.75) is 6.42 Å². The van der Waals surface area contributed by atoms with E-state index in [9.17, 15) is 4.79 Å². The van der Waals surface area contributed by atoms with Crippen LogP contribution >= 0.6 is 23.2 Å². The minimum Gasteiger partial charge on any atom is -0.384 e. The third-order valence-corrected chi connectivity index (χ3v) is 4.87. The highest BCUT2D eigenvalue weighted by atomic mass is 35.5. The fourth-order valence-electron chi connectivity index (χ4n) is 2.80. The van der Waals surface area contributed by atoms with Crippen molar-refractivity contribution in [1.29, 1.82) is 0 Å². The molecular weight excluding hydrogens is 373 g/mol. The number of carbonyl (C=O) groups excluding carboxylic acids is 1. The number of nitrogens with zero attached hydrogens (tertiary/aromatic N) is 1. The van der Waals surface area contributed by atoms with Gasteiger partial charge in [-0.05, 0) is 30.3 Å². The van der Waals surface area contributed by atoms with E-state index >= 15 is 0 Å². The number of hydrogen-bond acceptors (Lipinski definition) is 4. The largest absolute Gasteiger partial charge is 0.384 e. The van der Waals surface area contributed by atoms with E-state index in [1.807, 2.05) is 30.3 Å². The zero-order valence-electron chi connectivity index (χ0n) is 14.3. The van der Waals surface area contributed by atoms with Crippen molar-refractivity contribution < 1.29 is 9.53 Å². The van der Waals surface area contributed by atoms with E-state index in [2.05, 4.69) is 15.5 Å². The van der Waals surface area contributed by atoms with E-state index in [-0.39, 0.29) is 5.91 Å². The Kier molecular flexibility index (Phi) is 6.61. The predicted octanol–water partition coefficient (Wildman–Crippen LogP) is 4.27. The second kappa shape index (κ2) is 9.12. The molecular formula is C19H21Cl2N3O2. The van der Waals surface area contributed by atoms with E-state index < -0.39 is 0 Å². The number of hydrogen-bond donors (Lipinski definition) is 2. The molecule has 2 N–H and O–H groups in total. The summed E-state index contributed by atoms with van der Waals surface area (Å²) < 4.78 is 5.40. The van der Waals surface area contributed by atoms with Gasteiger partial charge in [0.05, 0.1) is 34.6 Å². The second-order valence-electron chi connectivity index (χ2n) is 5.97. The van der Waals surface area contributed by atoms with Gasteiger partial charge in [-0.1, -0.05) is 35.3 Å². The molecule has 0 aliphatic carbocycles. The Balaban J connectivity index is 1.54. The molecule has 1 saturated heterocycles. The fraction of sp³-hybridized carbons (Fsp3) is 0.316. The minimum atomic E-state index is -0.0433. The van der Waals surface area contributed by atoms with E-state index in [0.29, 0.717) is 36.2 Å². The summed E-state index contributed by atoms with van der Waals surface area (Å²) in [6, 6.07) is 13.2. The van der Waals surface area contributed by atoms with Crippen molar-refractivity contribution in [2.24, 2.45) is 0 Å². The SMILES string of the molecule is O=C(CCNc1ccc(Cl)c(Cl)c1)Nc1ccccc1N1CCOCC1. The summed E-state index contributed by atoms with van der Waals surface area (Å²) in [6.07, 6.45) is 0.345. The van der Waals surface area contributed by atoms with E-state index in [1.54, 1.807) is 12.1 Å². The minimum absolute atomic E-state index is 0.0433. The van der Waals surface area contributed by atoms with Crippen LogP contribution in [-0.2, 0) is 9.53 Å². The number of benzene rings is 2. The quantitative estimate of drug-likeness (QED) is 0.769. The van der Waals surface area contributed by atoms with Crippen molar-refractivity contribution in [3.63, 3.8) is 0 Å². The van der Waals surface area contributed by atoms with Crippen LogP contribution in [-0.4, -0.2) is 38.8 Å². The molecule has 0 unspecified atom stereocenters. The molecule has 1 aliphatic rings. The Morgan fingerprint density at radius 1 is 1.08 bits per heavy atom. The highest BCUT2D eigenvalue weighted by Gasteiger charge is 2.15. The number of halogens is 2. The summed E-state index contributed by atoms with van der Waals surface area (Å²) in [6.45, 7) is 3.56. The fourth-order valence-corrected chi connectivity index (χ4v) is 3.10. The third-order valence-electron chi connectivity index (χ3n) is 4.13. The van der Waals surface area contributed by atoms with Crippen molar-refractivity contribution in [2.75, 3.05) is 48.4 Å². The monoisotopic (exact) mass is 393 g/mol. The molecule has 26 heavy (non-hydrogen) atoms. The van der Waals surface area contributed by atoms with Gasteiger partial charge in [-0.15, -0.1) is 0 Å². The molecule has 1 aliphatic heterocycles. The van der Waals surface area contributed by atoms with Crippen LogP contribution in [0.1, 0.15) is 6.42 Å². The molecule has 0 radical (unpaired) electrons. The Labute approximate surface area is 163 Å². The smallest absolute Gasteiger partial charge is 0.226 e. The zero-order valence-corrected chi connectivity index (χ0v) is 15.8. The van der Waals surface area contributed by atoms with Gasteiger partial charge in [-0.2, -0.15) is 0 Å². The molecule has 0 saturated carbocycles. The molecule has 7 heteroatoms. The summed E-state index contributed by atoms with van der Waals surface area (Å²) in [5, 5.41) is 7.18. The molecule has 0 bridgehead atoms. The molecule has 1 amide bonds. The van der Waals surface area contributed by atoms with Crippen LogP contribution < -0.4 is 15.5 Å². The highest BCUT2D eigenvalue weighted by Crippen LogP contribution is 2.27. The number of rotatable bonds is 6. The maximum absolute atomic E-state index is 12.3. The molecule has 138 valence electrons. The molecule has 1 fully saturated rings. The molecule has 0 spiro atoms. The Morgan fingerprint density at radius 2 is 1.85 bits per heavy atom.